The van der Waals surface area contributed by atoms with Crippen molar-refractivity contribution in [1.82, 2.24) is 0 Å². The Morgan fingerprint density at radius 1 is 0.586 bits per heavy atom. The molecule has 0 aromatic rings. The summed E-state index contributed by atoms with van der Waals surface area (Å²) in [5.74, 6) is 0. The zero-order chi connectivity index (χ0) is 20.9. The smallest absolute Gasteiger partial charge is 0.192 e. The van der Waals surface area contributed by atoms with Crippen LogP contribution in [0.1, 0.15) is 124 Å². The summed E-state index contributed by atoms with van der Waals surface area (Å²) in [6, 6.07) is 0. The molecule has 29 heavy (non-hydrogen) atoms. The molecule has 0 amide bonds. The molecule has 2 heteroatoms. The summed E-state index contributed by atoms with van der Waals surface area (Å²) in [7, 11) is -1.63. The monoisotopic (exact) mass is 416 g/mol. The van der Waals surface area contributed by atoms with Crippen LogP contribution in [0.15, 0.2) is 22.3 Å². The van der Waals surface area contributed by atoms with Gasteiger partial charge in [-0.1, -0.05) is 43.1 Å². The van der Waals surface area contributed by atoms with Gasteiger partial charge in [-0.15, -0.1) is 0 Å². The van der Waals surface area contributed by atoms with E-state index in [1.54, 1.807) is 0 Å². The van der Waals surface area contributed by atoms with Crippen molar-refractivity contribution in [1.29, 1.82) is 0 Å². The van der Waals surface area contributed by atoms with Crippen LogP contribution >= 0.6 is 0 Å². The molecule has 0 aromatic carbocycles. The van der Waals surface area contributed by atoms with Crippen molar-refractivity contribution in [3.05, 3.63) is 22.3 Å². The lowest BCUT2D eigenvalue weighted by Crippen LogP contribution is -2.44. The van der Waals surface area contributed by atoms with Gasteiger partial charge >= 0.3 is 0 Å². The first kappa shape index (κ1) is 23.3. The Balaban J connectivity index is 1.53. The van der Waals surface area contributed by atoms with Crippen molar-refractivity contribution in [3.63, 3.8) is 0 Å². The fraction of sp³-hybridized carbons (Fsp3) is 0.852. The van der Waals surface area contributed by atoms with Crippen molar-refractivity contribution in [2.24, 2.45) is 0 Å². The van der Waals surface area contributed by atoms with Gasteiger partial charge in [0, 0.05) is 6.10 Å². The van der Waals surface area contributed by atoms with Gasteiger partial charge in [-0.25, -0.2) is 0 Å². The second kappa shape index (κ2) is 10.3. The molecule has 0 heterocycles. The Morgan fingerprint density at radius 2 is 0.931 bits per heavy atom. The van der Waals surface area contributed by atoms with E-state index in [0.29, 0.717) is 11.1 Å². The highest BCUT2D eigenvalue weighted by Crippen LogP contribution is 2.40. The van der Waals surface area contributed by atoms with E-state index in [1.807, 2.05) is 22.3 Å². The van der Waals surface area contributed by atoms with E-state index in [9.17, 15) is 0 Å². The maximum atomic E-state index is 6.77. The maximum Gasteiger partial charge on any atom is 0.192 e. The summed E-state index contributed by atoms with van der Waals surface area (Å²) >= 11 is 0. The van der Waals surface area contributed by atoms with E-state index in [4.69, 9.17) is 4.43 Å². The van der Waals surface area contributed by atoms with E-state index in [1.165, 1.54) is 103 Å². The SMILES string of the molecule is CC(C)(C)[Si](C)(C)OC1CCCC(=C2CCCC(=C3CCCC3)CCC2)CCC1. The summed E-state index contributed by atoms with van der Waals surface area (Å²) in [4.78, 5) is 0. The molecule has 0 N–H and O–H groups in total. The molecule has 3 aliphatic rings. The van der Waals surface area contributed by atoms with Crippen LogP contribution in [0.25, 0.3) is 0 Å². The number of hydrogen-bond donors (Lipinski definition) is 0. The normalized spacial score (nSPS) is 26.2. The number of hydrogen-bond acceptors (Lipinski definition) is 1. The summed E-state index contributed by atoms with van der Waals surface area (Å²) in [6.45, 7) is 11.9. The lowest BCUT2D eigenvalue weighted by Gasteiger charge is -2.40. The van der Waals surface area contributed by atoms with Crippen molar-refractivity contribution in [2.45, 2.75) is 148 Å². The highest BCUT2D eigenvalue weighted by molar-refractivity contribution is 6.74. The van der Waals surface area contributed by atoms with E-state index in [0.717, 1.165) is 0 Å². The molecule has 3 fully saturated rings. The van der Waals surface area contributed by atoms with Gasteiger partial charge in [0.05, 0.1) is 0 Å². The zero-order valence-electron chi connectivity index (χ0n) is 20.3. The van der Waals surface area contributed by atoms with Crippen LogP contribution in [0, 0.1) is 0 Å². The highest BCUT2D eigenvalue weighted by atomic mass is 28.4. The minimum atomic E-state index is -1.63. The maximum absolute atomic E-state index is 6.77. The summed E-state index contributed by atoms with van der Waals surface area (Å²) in [5, 5.41) is 0.327. The average Bonchev–Trinajstić information content (AvgIpc) is 3.11. The first-order chi connectivity index (χ1) is 13.8. The molecule has 0 radical (unpaired) electrons. The lowest BCUT2D eigenvalue weighted by atomic mass is 9.84. The second-order valence-corrected chi connectivity index (χ2v) is 16.4. The van der Waals surface area contributed by atoms with Gasteiger partial charge < -0.3 is 4.43 Å². The van der Waals surface area contributed by atoms with Gasteiger partial charge in [-0.05, 0) is 121 Å². The minimum absolute atomic E-state index is 0.327. The van der Waals surface area contributed by atoms with Gasteiger partial charge in [0.25, 0.3) is 0 Å². The van der Waals surface area contributed by atoms with Crippen LogP contribution < -0.4 is 0 Å². The second-order valence-electron chi connectivity index (χ2n) is 11.6. The predicted octanol–water partition coefficient (Wildman–Crippen LogP) is 9.25. The minimum Gasteiger partial charge on any atom is -0.414 e. The first-order valence-corrected chi connectivity index (χ1v) is 15.7. The molecule has 0 aromatic heterocycles. The molecule has 0 atom stereocenters. The molecule has 0 aliphatic heterocycles. The largest absolute Gasteiger partial charge is 0.414 e. The predicted molar refractivity (Wildman–Crippen MR) is 130 cm³/mol. The molecule has 0 bridgehead atoms. The van der Waals surface area contributed by atoms with Gasteiger partial charge in [0.1, 0.15) is 0 Å². The van der Waals surface area contributed by atoms with E-state index in [2.05, 4.69) is 33.9 Å². The topological polar surface area (TPSA) is 9.23 Å². The van der Waals surface area contributed by atoms with Gasteiger partial charge in [0.15, 0.2) is 8.32 Å². The third-order valence-corrected chi connectivity index (χ3v) is 12.9. The third kappa shape index (κ3) is 6.57. The average molecular weight is 417 g/mol. The van der Waals surface area contributed by atoms with Crippen molar-refractivity contribution >= 4 is 8.32 Å². The summed E-state index contributed by atoms with van der Waals surface area (Å²) in [5.41, 5.74) is 7.45. The first-order valence-electron chi connectivity index (χ1n) is 12.8. The molecule has 3 rings (SSSR count). The van der Waals surface area contributed by atoms with Crippen LogP contribution in [0.5, 0.6) is 0 Å². The molecule has 0 spiro atoms. The van der Waals surface area contributed by atoms with Crippen molar-refractivity contribution in [2.75, 3.05) is 0 Å². The van der Waals surface area contributed by atoms with Gasteiger partial charge in [0.2, 0.25) is 0 Å². The van der Waals surface area contributed by atoms with Crippen LogP contribution in [0.3, 0.4) is 0 Å². The van der Waals surface area contributed by atoms with E-state index in [-0.39, 0.29) is 0 Å². The van der Waals surface area contributed by atoms with Gasteiger partial charge in [-0.2, -0.15) is 0 Å². The van der Waals surface area contributed by atoms with E-state index >= 15 is 0 Å². The van der Waals surface area contributed by atoms with Crippen LogP contribution in [0.2, 0.25) is 18.1 Å². The fourth-order valence-corrected chi connectivity index (χ4v) is 6.99. The number of allylic oxidation sites excluding steroid dienone is 4. The Bertz CT molecular complexity index is 571. The third-order valence-electron chi connectivity index (χ3n) is 8.40. The number of rotatable bonds is 2. The quantitative estimate of drug-likeness (QED) is 0.322. The fourth-order valence-electron chi connectivity index (χ4n) is 5.56. The van der Waals surface area contributed by atoms with Crippen LogP contribution in [0.4, 0.5) is 0 Å². The molecular formula is C27H48OSi. The molecule has 3 aliphatic carbocycles. The van der Waals surface area contributed by atoms with Crippen LogP contribution in [-0.4, -0.2) is 14.4 Å². The zero-order valence-corrected chi connectivity index (χ0v) is 21.3. The van der Waals surface area contributed by atoms with E-state index < -0.39 is 8.32 Å². The molecular weight excluding hydrogens is 368 g/mol. The Kier molecular flexibility index (Phi) is 8.29. The van der Waals surface area contributed by atoms with Crippen LogP contribution in [-0.2, 0) is 4.43 Å². The Morgan fingerprint density at radius 3 is 1.31 bits per heavy atom. The molecule has 1 nitrogen and oxygen atoms in total. The van der Waals surface area contributed by atoms with Gasteiger partial charge in [-0.3, -0.25) is 0 Å². The standard InChI is InChI=1S/C27H48OSi/c1-27(2,3)29(4,5)28-26-20-10-18-25(19-11-21-26)24-16-8-14-23(15-9-17-24)22-12-6-7-13-22/h26H,6-21H2,1-5H3. The highest BCUT2D eigenvalue weighted by Gasteiger charge is 2.39. The molecule has 3 saturated carbocycles. The molecule has 0 saturated heterocycles. The Labute approximate surface area is 182 Å². The summed E-state index contributed by atoms with van der Waals surface area (Å²) < 4.78 is 6.77. The van der Waals surface area contributed by atoms with Crippen molar-refractivity contribution in [3.8, 4) is 0 Å². The Hall–Kier alpha value is -0.343. The lowest BCUT2D eigenvalue weighted by molar-refractivity contribution is 0.153. The summed E-state index contributed by atoms with van der Waals surface area (Å²) in [6.07, 6.45) is 22.6. The molecule has 0 unspecified atom stereocenters. The molecule has 166 valence electrons. The van der Waals surface area contributed by atoms with Crippen molar-refractivity contribution < 1.29 is 4.43 Å².